The number of rotatable bonds is 4. The summed E-state index contributed by atoms with van der Waals surface area (Å²) in [6.45, 7) is 2.16. The van der Waals surface area contributed by atoms with Gasteiger partial charge in [0.2, 0.25) is 0 Å². The number of ether oxygens (including phenoxy) is 1. The zero-order valence-corrected chi connectivity index (χ0v) is 9.95. The average molecular weight is 270 g/mol. The van der Waals surface area contributed by atoms with Crippen LogP contribution in [0.5, 0.6) is 0 Å². The number of benzene rings is 1. The van der Waals surface area contributed by atoms with Gasteiger partial charge in [-0.05, 0) is 31.2 Å². The van der Waals surface area contributed by atoms with Crippen LogP contribution in [0.3, 0.4) is 0 Å². The van der Waals surface area contributed by atoms with E-state index in [-0.39, 0.29) is 5.97 Å². The Kier molecular flexibility index (Phi) is 4.90. The van der Waals surface area contributed by atoms with Crippen molar-refractivity contribution in [1.82, 2.24) is 0 Å². The van der Waals surface area contributed by atoms with Gasteiger partial charge in [0.15, 0.2) is 0 Å². The van der Waals surface area contributed by atoms with Crippen molar-refractivity contribution in [3.8, 4) is 0 Å². The minimum atomic E-state index is -0.345. The molecule has 80 valence electrons. The second kappa shape index (κ2) is 6.24. The lowest BCUT2D eigenvalue weighted by Crippen LogP contribution is -2.00. The second-order valence-electron chi connectivity index (χ2n) is 2.74. The van der Waals surface area contributed by atoms with E-state index in [2.05, 4.69) is 21.2 Å². The molecule has 3 nitrogen and oxygen atoms in total. The highest BCUT2D eigenvalue weighted by Crippen LogP contribution is 2.13. The first-order valence-electron chi connectivity index (χ1n) is 4.58. The zero-order chi connectivity index (χ0) is 11.1. The third-order valence-electron chi connectivity index (χ3n) is 1.60. The summed E-state index contributed by atoms with van der Waals surface area (Å²) in [5.74, 6) is -0.345. The number of carbonyl (C=O) groups excluding carboxylic acids is 1. The molecule has 0 unspecified atom stereocenters. The van der Waals surface area contributed by atoms with Crippen LogP contribution in [0.1, 0.15) is 6.92 Å². The van der Waals surface area contributed by atoms with Crippen LogP contribution >= 0.6 is 15.9 Å². The van der Waals surface area contributed by atoms with Crippen molar-refractivity contribution in [2.45, 2.75) is 6.92 Å². The van der Waals surface area contributed by atoms with Gasteiger partial charge in [0, 0.05) is 22.4 Å². The summed E-state index contributed by atoms with van der Waals surface area (Å²) in [6.07, 6.45) is 2.91. The first-order valence-corrected chi connectivity index (χ1v) is 5.37. The Morgan fingerprint density at radius 2 is 2.13 bits per heavy atom. The summed E-state index contributed by atoms with van der Waals surface area (Å²) in [5, 5.41) is 2.96. The lowest BCUT2D eigenvalue weighted by Gasteiger charge is -2.00. The van der Waals surface area contributed by atoms with Crippen molar-refractivity contribution in [1.29, 1.82) is 0 Å². The van der Waals surface area contributed by atoms with E-state index >= 15 is 0 Å². The summed E-state index contributed by atoms with van der Waals surface area (Å²) >= 11 is 3.34. The van der Waals surface area contributed by atoms with E-state index in [9.17, 15) is 4.79 Å². The summed E-state index contributed by atoms with van der Waals surface area (Å²) in [6, 6.07) is 7.64. The number of esters is 1. The van der Waals surface area contributed by atoms with Crippen LogP contribution in [0, 0.1) is 0 Å². The lowest BCUT2D eigenvalue weighted by molar-refractivity contribution is -0.137. The van der Waals surface area contributed by atoms with E-state index in [1.165, 1.54) is 6.08 Å². The van der Waals surface area contributed by atoms with Crippen LogP contribution in [0.4, 0.5) is 5.69 Å². The fourth-order valence-electron chi connectivity index (χ4n) is 0.942. The molecule has 0 amide bonds. The summed E-state index contributed by atoms with van der Waals surface area (Å²) in [7, 11) is 0. The van der Waals surface area contributed by atoms with Gasteiger partial charge in [-0.15, -0.1) is 0 Å². The van der Waals surface area contributed by atoms with Crippen molar-refractivity contribution >= 4 is 27.6 Å². The Morgan fingerprint density at radius 3 is 2.73 bits per heavy atom. The van der Waals surface area contributed by atoms with Crippen LogP contribution < -0.4 is 5.32 Å². The van der Waals surface area contributed by atoms with Gasteiger partial charge in [-0.1, -0.05) is 15.9 Å². The molecule has 0 spiro atoms. The standard InChI is InChI=1S/C11H12BrNO2/c1-2-15-11(14)7-8-13-10-5-3-9(12)4-6-10/h3-8,13H,2H2,1H3/b8-7+. The molecule has 0 radical (unpaired) electrons. The predicted octanol–water partition coefficient (Wildman–Crippen LogP) is 2.94. The minimum Gasteiger partial charge on any atom is -0.463 e. The molecule has 0 saturated heterocycles. The molecule has 15 heavy (non-hydrogen) atoms. The second-order valence-corrected chi connectivity index (χ2v) is 3.65. The molecule has 0 heterocycles. The van der Waals surface area contributed by atoms with Gasteiger partial charge >= 0.3 is 5.97 Å². The van der Waals surface area contributed by atoms with Gasteiger partial charge in [0.1, 0.15) is 0 Å². The van der Waals surface area contributed by atoms with E-state index in [0.29, 0.717) is 6.61 Å². The highest BCUT2D eigenvalue weighted by molar-refractivity contribution is 9.10. The maximum Gasteiger partial charge on any atom is 0.332 e. The molecule has 0 bridgehead atoms. The van der Waals surface area contributed by atoms with E-state index in [1.54, 1.807) is 13.1 Å². The first kappa shape index (κ1) is 11.8. The molecule has 0 saturated carbocycles. The van der Waals surface area contributed by atoms with Crippen LogP contribution in [0.15, 0.2) is 41.0 Å². The number of anilines is 1. The fourth-order valence-corrected chi connectivity index (χ4v) is 1.21. The van der Waals surface area contributed by atoms with E-state index < -0.39 is 0 Å². The third-order valence-corrected chi connectivity index (χ3v) is 2.13. The Bertz CT molecular complexity index is 346. The number of carbonyl (C=O) groups is 1. The number of hydrogen-bond acceptors (Lipinski definition) is 3. The van der Waals surface area contributed by atoms with Crippen molar-refractivity contribution in [3.63, 3.8) is 0 Å². The van der Waals surface area contributed by atoms with Crippen LogP contribution in [0.25, 0.3) is 0 Å². The Morgan fingerprint density at radius 1 is 1.47 bits per heavy atom. The maximum atomic E-state index is 10.9. The number of nitrogens with one attached hydrogen (secondary N) is 1. The normalized spacial score (nSPS) is 10.3. The number of hydrogen-bond donors (Lipinski definition) is 1. The summed E-state index contributed by atoms with van der Waals surface area (Å²) in [4.78, 5) is 10.9. The van der Waals surface area contributed by atoms with Gasteiger partial charge in [0.25, 0.3) is 0 Å². The molecule has 0 fully saturated rings. The van der Waals surface area contributed by atoms with Gasteiger partial charge in [-0.3, -0.25) is 0 Å². The molecule has 0 atom stereocenters. The van der Waals surface area contributed by atoms with Crippen molar-refractivity contribution in [2.24, 2.45) is 0 Å². The van der Waals surface area contributed by atoms with Crippen molar-refractivity contribution < 1.29 is 9.53 Å². The van der Waals surface area contributed by atoms with Crippen LogP contribution in [-0.2, 0) is 9.53 Å². The third kappa shape index (κ3) is 4.65. The average Bonchev–Trinajstić information content (AvgIpc) is 2.21. The minimum absolute atomic E-state index is 0.345. The Hall–Kier alpha value is -1.29. The molecular formula is C11H12BrNO2. The predicted molar refractivity (Wildman–Crippen MR) is 63.5 cm³/mol. The highest BCUT2D eigenvalue weighted by Gasteiger charge is 1.92. The van der Waals surface area contributed by atoms with E-state index in [0.717, 1.165) is 10.2 Å². The van der Waals surface area contributed by atoms with Crippen molar-refractivity contribution in [2.75, 3.05) is 11.9 Å². The summed E-state index contributed by atoms with van der Waals surface area (Å²) in [5.41, 5.74) is 0.916. The van der Waals surface area contributed by atoms with E-state index in [4.69, 9.17) is 4.74 Å². The molecule has 1 aromatic rings. The highest BCUT2D eigenvalue weighted by atomic mass is 79.9. The largest absolute Gasteiger partial charge is 0.463 e. The van der Waals surface area contributed by atoms with Gasteiger partial charge < -0.3 is 10.1 Å². The van der Waals surface area contributed by atoms with Crippen LogP contribution in [-0.4, -0.2) is 12.6 Å². The smallest absolute Gasteiger partial charge is 0.332 e. The maximum absolute atomic E-state index is 10.9. The Labute approximate surface area is 97.3 Å². The molecule has 4 heteroatoms. The zero-order valence-electron chi connectivity index (χ0n) is 8.37. The van der Waals surface area contributed by atoms with Crippen LogP contribution in [0.2, 0.25) is 0 Å². The topological polar surface area (TPSA) is 38.3 Å². The molecule has 1 aromatic carbocycles. The summed E-state index contributed by atoms with van der Waals surface area (Å²) < 4.78 is 5.74. The van der Waals surface area contributed by atoms with Gasteiger partial charge in [-0.2, -0.15) is 0 Å². The molecule has 0 aromatic heterocycles. The molecule has 1 rings (SSSR count). The fraction of sp³-hybridized carbons (Fsp3) is 0.182. The SMILES string of the molecule is CCOC(=O)/C=C/Nc1ccc(Br)cc1. The Balaban J connectivity index is 2.43. The van der Waals surface area contributed by atoms with E-state index in [1.807, 2.05) is 24.3 Å². The monoisotopic (exact) mass is 269 g/mol. The molecule has 0 aliphatic heterocycles. The molecular weight excluding hydrogens is 258 g/mol. The lowest BCUT2D eigenvalue weighted by atomic mass is 10.3. The number of halogens is 1. The molecule has 0 aliphatic carbocycles. The first-order chi connectivity index (χ1) is 7.22. The molecule has 1 N–H and O–H groups in total. The van der Waals surface area contributed by atoms with Crippen molar-refractivity contribution in [3.05, 3.63) is 41.0 Å². The van der Waals surface area contributed by atoms with Gasteiger partial charge in [0.05, 0.1) is 6.61 Å². The quantitative estimate of drug-likeness (QED) is 0.675. The van der Waals surface area contributed by atoms with Gasteiger partial charge in [-0.25, -0.2) is 4.79 Å². The molecule has 0 aliphatic rings.